The highest BCUT2D eigenvalue weighted by Gasteiger charge is 2.28. The molecule has 0 bridgehead atoms. The Labute approximate surface area is 173 Å². The van der Waals surface area contributed by atoms with Crippen LogP contribution in [0.3, 0.4) is 0 Å². The van der Waals surface area contributed by atoms with E-state index in [0.717, 1.165) is 38.7 Å². The molecule has 1 aromatic rings. The van der Waals surface area contributed by atoms with Crippen molar-refractivity contribution in [2.24, 2.45) is 0 Å². The predicted octanol–water partition coefficient (Wildman–Crippen LogP) is 4.97. The van der Waals surface area contributed by atoms with Gasteiger partial charge in [0.05, 0.1) is 6.10 Å². The molecule has 1 aliphatic carbocycles. The first kappa shape index (κ1) is 21.4. The highest BCUT2D eigenvalue weighted by molar-refractivity contribution is 6.30. The summed E-state index contributed by atoms with van der Waals surface area (Å²) in [7, 11) is 1.82. The normalized spacial score (nSPS) is 22.9. The zero-order valence-electron chi connectivity index (χ0n) is 16.9. The summed E-state index contributed by atoms with van der Waals surface area (Å²) < 4.78 is 11.5. The minimum Gasteiger partial charge on any atom is -0.410 e. The molecule has 1 aliphatic heterocycles. The summed E-state index contributed by atoms with van der Waals surface area (Å²) in [5.74, 6) is 0.521. The molecule has 0 spiro atoms. The number of benzene rings is 1. The van der Waals surface area contributed by atoms with E-state index < -0.39 is 0 Å². The summed E-state index contributed by atoms with van der Waals surface area (Å²) in [5.41, 5.74) is 0. The summed E-state index contributed by atoms with van der Waals surface area (Å²) in [4.78, 5) is 16.6. The Morgan fingerprint density at radius 1 is 1.11 bits per heavy atom. The molecule has 0 N–H and O–H groups in total. The molecule has 1 saturated heterocycles. The quantitative estimate of drug-likeness (QED) is 0.569. The van der Waals surface area contributed by atoms with Crippen LogP contribution in [-0.2, 0) is 4.74 Å². The van der Waals surface area contributed by atoms with E-state index in [1.54, 1.807) is 29.2 Å². The van der Waals surface area contributed by atoms with Crippen molar-refractivity contribution in [1.82, 2.24) is 9.80 Å². The average molecular weight is 409 g/mol. The number of unbranched alkanes of at least 4 members (excludes halogenated alkanes) is 1. The Bertz CT molecular complexity index is 596. The first-order valence-corrected chi connectivity index (χ1v) is 11.0. The number of carbonyl (C=O) groups excluding carboxylic acids is 1. The molecule has 0 unspecified atom stereocenters. The lowest BCUT2D eigenvalue weighted by atomic mass is 9.92. The van der Waals surface area contributed by atoms with Crippen LogP contribution in [0.25, 0.3) is 0 Å². The number of ether oxygens (including phenoxy) is 2. The summed E-state index contributed by atoms with van der Waals surface area (Å²) >= 11 is 5.86. The first-order valence-electron chi connectivity index (χ1n) is 10.7. The Balaban J connectivity index is 1.29. The standard InChI is InChI=1S/C22H33ClN2O3/c1-24(22(26)28-21-10-6-18(23)7-11-21)19-8-12-20(13-9-19)27-17-5-4-16-25-14-2-3-15-25/h6-7,10-11,19-20H,2-5,8-9,12-17H2,1H3. The SMILES string of the molecule is CN(C(=O)Oc1ccc(Cl)cc1)C1CCC(OCCCCN2CCCC2)CC1. The molecule has 5 nitrogen and oxygen atoms in total. The molecular formula is C22H33ClN2O3. The Morgan fingerprint density at radius 2 is 1.79 bits per heavy atom. The molecule has 6 heteroatoms. The Morgan fingerprint density at radius 3 is 2.46 bits per heavy atom. The van der Waals surface area contributed by atoms with Crippen LogP contribution >= 0.6 is 11.6 Å². The van der Waals surface area contributed by atoms with E-state index >= 15 is 0 Å². The number of rotatable bonds is 8. The van der Waals surface area contributed by atoms with Gasteiger partial charge in [0, 0.05) is 24.7 Å². The van der Waals surface area contributed by atoms with E-state index in [9.17, 15) is 4.79 Å². The van der Waals surface area contributed by atoms with Crippen LogP contribution < -0.4 is 4.74 Å². The highest BCUT2D eigenvalue weighted by atomic mass is 35.5. The number of nitrogens with zero attached hydrogens (tertiary/aromatic N) is 2. The fourth-order valence-electron chi connectivity index (χ4n) is 4.12. The van der Waals surface area contributed by atoms with E-state index in [2.05, 4.69) is 4.90 Å². The Kier molecular flexibility index (Phi) is 8.44. The van der Waals surface area contributed by atoms with Gasteiger partial charge in [-0.2, -0.15) is 0 Å². The van der Waals surface area contributed by atoms with Crippen molar-refractivity contribution < 1.29 is 14.3 Å². The summed E-state index contributed by atoms with van der Waals surface area (Å²) in [5, 5.41) is 0.627. The van der Waals surface area contributed by atoms with Gasteiger partial charge in [-0.3, -0.25) is 0 Å². The number of amides is 1. The molecule has 1 aromatic carbocycles. The molecule has 2 fully saturated rings. The molecule has 0 radical (unpaired) electrons. The minimum atomic E-state index is -0.311. The van der Waals surface area contributed by atoms with Gasteiger partial charge in [-0.1, -0.05) is 11.6 Å². The third-order valence-electron chi connectivity index (χ3n) is 5.92. The number of carbonyl (C=O) groups is 1. The molecular weight excluding hydrogens is 376 g/mol. The maximum absolute atomic E-state index is 12.4. The second kappa shape index (κ2) is 11.0. The lowest BCUT2D eigenvalue weighted by Crippen LogP contribution is -2.42. The molecule has 28 heavy (non-hydrogen) atoms. The van der Waals surface area contributed by atoms with Crippen LogP contribution in [-0.4, -0.2) is 61.3 Å². The number of halogens is 1. The summed E-state index contributed by atoms with van der Waals surface area (Å²) in [6.45, 7) is 4.63. The second-order valence-electron chi connectivity index (χ2n) is 7.99. The van der Waals surface area contributed by atoms with Crippen molar-refractivity contribution >= 4 is 17.7 Å². The van der Waals surface area contributed by atoms with E-state index in [-0.39, 0.29) is 12.1 Å². The van der Waals surface area contributed by atoms with Crippen LogP contribution in [0.1, 0.15) is 51.4 Å². The third kappa shape index (κ3) is 6.64. The monoisotopic (exact) mass is 408 g/mol. The Hall–Kier alpha value is -1.30. The second-order valence-corrected chi connectivity index (χ2v) is 8.43. The third-order valence-corrected chi connectivity index (χ3v) is 6.17. The van der Waals surface area contributed by atoms with Gasteiger partial charge in [0.1, 0.15) is 5.75 Å². The van der Waals surface area contributed by atoms with Crippen LogP contribution in [0, 0.1) is 0 Å². The largest absolute Gasteiger partial charge is 0.415 e. The highest BCUT2D eigenvalue weighted by Crippen LogP contribution is 2.26. The van der Waals surface area contributed by atoms with E-state index in [1.807, 2.05) is 7.05 Å². The van der Waals surface area contributed by atoms with Crippen LogP contribution in [0.4, 0.5) is 4.79 Å². The smallest absolute Gasteiger partial charge is 0.410 e. The van der Waals surface area contributed by atoms with Crippen molar-refractivity contribution in [2.75, 3.05) is 33.3 Å². The van der Waals surface area contributed by atoms with Crippen molar-refractivity contribution in [3.05, 3.63) is 29.3 Å². The van der Waals surface area contributed by atoms with Gasteiger partial charge < -0.3 is 19.3 Å². The van der Waals surface area contributed by atoms with Crippen LogP contribution in [0.5, 0.6) is 5.75 Å². The summed E-state index contributed by atoms with van der Waals surface area (Å²) in [6.07, 6.45) is 9.07. The fourth-order valence-corrected chi connectivity index (χ4v) is 4.24. The average Bonchev–Trinajstić information content (AvgIpc) is 3.23. The maximum Gasteiger partial charge on any atom is 0.415 e. The van der Waals surface area contributed by atoms with Crippen molar-refractivity contribution in [3.63, 3.8) is 0 Å². The van der Waals surface area contributed by atoms with Crippen molar-refractivity contribution in [2.45, 2.75) is 63.5 Å². The maximum atomic E-state index is 12.4. The molecule has 0 aromatic heterocycles. The zero-order chi connectivity index (χ0) is 19.8. The van der Waals surface area contributed by atoms with Gasteiger partial charge in [-0.05, 0) is 95.3 Å². The van der Waals surface area contributed by atoms with Crippen molar-refractivity contribution in [3.8, 4) is 5.75 Å². The van der Waals surface area contributed by atoms with Gasteiger partial charge in [-0.25, -0.2) is 4.79 Å². The number of hydrogen-bond acceptors (Lipinski definition) is 4. The van der Waals surface area contributed by atoms with Crippen LogP contribution in [0.2, 0.25) is 5.02 Å². The lowest BCUT2D eigenvalue weighted by Gasteiger charge is -2.34. The van der Waals surface area contributed by atoms with Gasteiger partial charge in [-0.15, -0.1) is 0 Å². The lowest BCUT2D eigenvalue weighted by molar-refractivity contribution is 0.0101. The number of hydrogen-bond donors (Lipinski definition) is 0. The number of likely N-dealkylation sites (tertiary alicyclic amines) is 1. The minimum absolute atomic E-state index is 0.217. The van der Waals surface area contributed by atoms with Crippen molar-refractivity contribution in [1.29, 1.82) is 0 Å². The fraction of sp³-hybridized carbons (Fsp3) is 0.682. The molecule has 0 atom stereocenters. The molecule has 1 saturated carbocycles. The molecule has 156 valence electrons. The first-order chi connectivity index (χ1) is 13.6. The van der Waals surface area contributed by atoms with E-state index in [0.29, 0.717) is 16.9 Å². The van der Waals surface area contributed by atoms with Gasteiger partial charge >= 0.3 is 6.09 Å². The van der Waals surface area contributed by atoms with Gasteiger partial charge in [0.25, 0.3) is 0 Å². The van der Waals surface area contributed by atoms with Gasteiger partial charge in [0.2, 0.25) is 0 Å². The van der Waals surface area contributed by atoms with E-state index in [1.165, 1.54) is 38.9 Å². The topological polar surface area (TPSA) is 42.0 Å². The molecule has 2 aliphatic rings. The predicted molar refractivity (Wildman–Crippen MR) is 112 cm³/mol. The molecule has 1 heterocycles. The zero-order valence-corrected chi connectivity index (χ0v) is 17.7. The molecule has 1 amide bonds. The summed E-state index contributed by atoms with van der Waals surface area (Å²) in [6, 6.07) is 7.08. The van der Waals surface area contributed by atoms with E-state index in [4.69, 9.17) is 21.1 Å². The van der Waals surface area contributed by atoms with Crippen LogP contribution in [0.15, 0.2) is 24.3 Å². The van der Waals surface area contributed by atoms with Gasteiger partial charge in [0.15, 0.2) is 0 Å². The molecule has 3 rings (SSSR count).